The first-order valence-corrected chi connectivity index (χ1v) is 2.91. The molecule has 0 unspecified atom stereocenters. The molecule has 0 N–H and O–H groups in total. The van der Waals surface area contributed by atoms with Crippen molar-refractivity contribution in [1.29, 1.82) is 0 Å². The average molecular weight is 163 g/mol. The van der Waals surface area contributed by atoms with Crippen molar-refractivity contribution in [3.8, 4) is 0 Å². The van der Waals surface area contributed by atoms with Crippen molar-refractivity contribution in [3.63, 3.8) is 0 Å². The number of carbonyl (C=O) groups excluding carboxylic acids is 1. The van der Waals surface area contributed by atoms with E-state index in [1.165, 1.54) is 10.2 Å². The second kappa shape index (κ2) is 2.41. The standard InChI is InChI=1S/C4H3ClN2OS/c5-3-1-6-4(2-8)7(3)9/h1-2,9H. The number of halogens is 1. The van der Waals surface area contributed by atoms with Gasteiger partial charge in [-0.05, 0) is 0 Å². The smallest absolute Gasteiger partial charge is 0.186 e. The summed E-state index contributed by atoms with van der Waals surface area (Å²) in [4.78, 5) is 13.7. The zero-order valence-corrected chi connectivity index (χ0v) is 5.93. The summed E-state index contributed by atoms with van der Waals surface area (Å²) in [5.41, 5.74) is 0. The Labute approximate surface area is 62.2 Å². The van der Waals surface area contributed by atoms with Crippen molar-refractivity contribution in [2.75, 3.05) is 0 Å². The molecule has 0 atom stereocenters. The van der Waals surface area contributed by atoms with E-state index >= 15 is 0 Å². The van der Waals surface area contributed by atoms with E-state index in [9.17, 15) is 4.79 Å². The van der Waals surface area contributed by atoms with Crippen molar-refractivity contribution >= 4 is 30.7 Å². The van der Waals surface area contributed by atoms with Crippen LogP contribution in [0.5, 0.6) is 0 Å². The summed E-state index contributed by atoms with van der Waals surface area (Å²) >= 11 is 9.31. The molecule has 0 saturated carbocycles. The first-order valence-electron chi connectivity index (χ1n) is 2.13. The molecule has 0 aliphatic heterocycles. The first kappa shape index (κ1) is 6.64. The number of hydrogen-bond acceptors (Lipinski definition) is 3. The van der Waals surface area contributed by atoms with Gasteiger partial charge >= 0.3 is 0 Å². The number of thiol groups is 1. The lowest BCUT2D eigenvalue weighted by atomic mass is 10.7. The molecule has 1 heterocycles. The lowest BCUT2D eigenvalue weighted by Gasteiger charge is -1.89. The molecule has 3 nitrogen and oxygen atoms in total. The van der Waals surface area contributed by atoms with E-state index in [1.54, 1.807) is 0 Å². The van der Waals surface area contributed by atoms with Gasteiger partial charge in [0, 0.05) is 0 Å². The van der Waals surface area contributed by atoms with Gasteiger partial charge in [-0.1, -0.05) is 24.4 Å². The molecule has 9 heavy (non-hydrogen) atoms. The van der Waals surface area contributed by atoms with E-state index in [4.69, 9.17) is 11.6 Å². The van der Waals surface area contributed by atoms with E-state index in [-0.39, 0.29) is 5.82 Å². The van der Waals surface area contributed by atoms with Crippen LogP contribution in [0.4, 0.5) is 0 Å². The molecule has 1 rings (SSSR count). The van der Waals surface area contributed by atoms with E-state index in [1.807, 2.05) is 0 Å². The van der Waals surface area contributed by atoms with Crippen LogP contribution in [0.25, 0.3) is 0 Å². The van der Waals surface area contributed by atoms with Crippen molar-refractivity contribution in [1.82, 2.24) is 8.96 Å². The van der Waals surface area contributed by atoms with Gasteiger partial charge < -0.3 is 0 Å². The third kappa shape index (κ3) is 1.09. The largest absolute Gasteiger partial charge is 0.294 e. The summed E-state index contributed by atoms with van der Waals surface area (Å²) in [6.45, 7) is 0. The van der Waals surface area contributed by atoms with Crippen LogP contribution in [0, 0.1) is 0 Å². The van der Waals surface area contributed by atoms with Crippen LogP contribution in [0.3, 0.4) is 0 Å². The minimum absolute atomic E-state index is 0.211. The maximum absolute atomic E-state index is 10.0. The van der Waals surface area contributed by atoms with Gasteiger partial charge in [-0.25, -0.2) is 4.98 Å². The zero-order valence-electron chi connectivity index (χ0n) is 4.28. The highest BCUT2D eigenvalue weighted by Crippen LogP contribution is 2.10. The summed E-state index contributed by atoms with van der Waals surface area (Å²) in [6, 6.07) is 0. The Morgan fingerprint density at radius 2 is 2.56 bits per heavy atom. The van der Waals surface area contributed by atoms with Crippen LogP contribution in [-0.4, -0.2) is 15.2 Å². The topological polar surface area (TPSA) is 34.9 Å². The van der Waals surface area contributed by atoms with E-state index in [0.29, 0.717) is 11.4 Å². The lowest BCUT2D eigenvalue weighted by Crippen LogP contribution is -1.88. The SMILES string of the molecule is O=Cc1ncc(Cl)n1S. The quantitative estimate of drug-likeness (QED) is 0.495. The first-order chi connectivity index (χ1) is 4.25. The fourth-order valence-electron chi connectivity index (χ4n) is 0.419. The maximum Gasteiger partial charge on any atom is 0.186 e. The zero-order chi connectivity index (χ0) is 6.85. The number of carbonyl (C=O) groups is 1. The number of aromatic nitrogens is 2. The predicted octanol–water partition coefficient (Wildman–Crippen LogP) is 1.04. The maximum atomic E-state index is 10.0. The Morgan fingerprint density at radius 3 is 2.78 bits per heavy atom. The molecular formula is C4H3ClN2OS. The average Bonchev–Trinajstić information content (AvgIpc) is 2.15. The van der Waals surface area contributed by atoms with E-state index in [0.717, 1.165) is 0 Å². The van der Waals surface area contributed by atoms with Gasteiger partial charge in [0.2, 0.25) is 0 Å². The second-order valence-corrected chi connectivity index (χ2v) is 2.16. The normalized spacial score (nSPS) is 9.56. The molecule has 5 heteroatoms. The highest BCUT2D eigenvalue weighted by Gasteiger charge is 2.01. The molecule has 0 aromatic carbocycles. The molecule has 48 valence electrons. The molecule has 1 aromatic rings. The lowest BCUT2D eigenvalue weighted by molar-refractivity contribution is 0.111. The minimum Gasteiger partial charge on any atom is -0.294 e. The van der Waals surface area contributed by atoms with Gasteiger partial charge in [-0.15, -0.1) is 0 Å². The Balaban J connectivity index is 3.18. The molecule has 0 aliphatic carbocycles. The van der Waals surface area contributed by atoms with Gasteiger partial charge in [-0.3, -0.25) is 8.77 Å². The van der Waals surface area contributed by atoms with Gasteiger partial charge in [0.1, 0.15) is 5.15 Å². The molecule has 0 fully saturated rings. The number of rotatable bonds is 1. The Hall–Kier alpha value is -0.480. The number of imidazole rings is 1. The van der Waals surface area contributed by atoms with Crippen molar-refractivity contribution < 1.29 is 4.79 Å². The predicted molar refractivity (Wildman–Crippen MR) is 37.0 cm³/mol. The van der Waals surface area contributed by atoms with Crippen LogP contribution in [0.15, 0.2) is 6.20 Å². The fraction of sp³-hybridized carbons (Fsp3) is 0. The molecule has 0 radical (unpaired) electrons. The van der Waals surface area contributed by atoms with Gasteiger partial charge in [0.25, 0.3) is 0 Å². The Morgan fingerprint density at radius 1 is 1.89 bits per heavy atom. The van der Waals surface area contributed by atoms with Crippen LogP contribution in [0.2, 0.25) is 5.15 Å². The molecule has 0 aliphatic rings. The highest BCUT2D eigenvalue weighted by atomic mass is 35.5. The molecular weight excluding hydrogens is 160 g/mol. The van der Waals surface area contributed by atoms with Crippen molar-refractivity contribution in [2.45, 2.75) is 0 Å². The van der Waals surface area contributed by atoms with Crippen molar-refractivity contribution in [3.05, 3.63) is 17.2 Å². The molecule has 1 aromatic heterocycles. The Kier molecular flexibility index (Phi) is 1.78. The van der Waals surface area contributed by atoms with Gasteiger partial charge in [-0.2, -0.15) is 0 Å². The van der Waals surface area contributed by atoms with Gasteiger partial charge in [0.05, 0.1) is 6.20 Å². The number of aldehydes is 1. The van der Waals surface area contributed by atoms with E-state index in [2.05, 4.69) is 17.8 Å². The summed E-state index contributed by atoms with van der Waals surface area (Å²) < 4.78 is 1.20. The summed E-state index contributed by atoms with van der Waals surface area (Å²) in [5.74, 6) is 0.211. The second-order valence-electron chi connectivity index (χ2n) is 1.37. The third-order valence-corrected chi connectivity index (χ3v) is 1.63. The third-order valence-electron chi connectivity index (χ3n) is 0.828. The highest BCUT2D eigenvalue weighted by molar-refractivity contribution is 7.78. The molecule has 0 saturated heterocycles. The van der Waals surface area contributed by atoms with Crippen LogP contribution >= 0.6 is 24.4 Å². The summed E-state index contributed by atoms with van der Waals surface area (Å²) in [7, 11) is 0. The van der Waals surface area contributed by atoms with Gasteiger partial charge in [0.15, 0.2) is 12.1 Å². The number of hydrogen-bond donors (Lipinski definition) is 1. The minimum atomic E-state index is 0.211. The van der Waals surface area contributed by atoms with Crippen molar-refractivity contribution in [2.24, 2.45) is 0 Å². The van der Waals surface area contributed by atoms with Crippen LogP contribution in [0.1, 0.15) is 10.6 Å². The fourth-order valence-corrected chi connectivity index (χ4v) is 0.704. The molecule has 0 bridgehead atoms. The Bertz CT molecular complexity index is 234. The van der Waals surface area contributed by atoms with Crippen LogP contribution in [-0.2, 0) is 0 Å². The molecule has 0 spiro atoms. The van der Waals surface area contributed by atoms with E-state index < -0.39 is 0 Å². The summed E-state index contributed by atoms with van der Waals surface area (Å²) in [5, 5.41) is 0.334. The summed E-state index contributed by atoms with van der Waals surface area (Å²) in [6.07, 6.45) is 1.94. The van der Waals surface area contributed by atoms with Crippen LogP contribution < -0.4 is 0 Å². The monoisotopic (exact) mass is 162 g/mol. The number of nitrogens with zero attached hydrogens (tertiary/aromatic N) is 2. The molecule has 0 amide bonds.